The summed E-state index contributed by atoms with van der Waals surface area (Å²) in [5.74, 6) is 2.73. The lowest BCUT2D eigenvalue weighted by Crippen LogP contribution is -2.22. The maximum atomic E-state index is 6.37. The third-order valence-corrected chi connectivity index (χ3v) is 4.56. The van der Waals surface area contributed by atoms with E-state index in [0.29, 0.717) is 0 Å². The van der Waals surface area contributed by atoms with Crippen molar-refractivity contribution in [2.45, 2.75) is 25.8 Å². The molecular formula is C14H20ClN3. The van der Waals surface area contributed by atoms with Gasteiger partial charge in [-0.25, -0.2) is 4.98 Å². The highest BCUT2D eigenvalue weighted by Crippen LogP contribution is 2.40. The Kier molecular flexibility index (Phi) is 3.44. The van der Waals surface area contributed by atoms with Crippen LogP contribution in [0.1, 0.15) is 24.8 Å². The van der Waals surface area contributed by atoms with E-state index in [2.05, 4.69) is 15.2 Å². The first-order chi connectivity index (χ1) is 8.78. The Hall–Kier alpha value is -0.800. The predicted octanol–water partition coefficient (Wildman–Crippen LogP) is 2.69. The Morgan fingerprint density at radius 3 is 2.72 bits per heavy atom. The molecule has 2 fully saturated rings. The normalized spacial score (nSPS) is 26.7. The smallest absolute Gasteiger partial charge is 0.147 e. The number of nitrogens with zero attached hydrogens (tertiary/aromatic N) is 2. The van der Waals surface area contributed by atoms with Crippen molar-refractivity contribution in [2.75, 3.05) is 25.0 Å². The van der Waals surface area contributed by atoms with Crippen molar-refractivity contribution in [1.29, 1.82) is 0 Å². The summed E-state index contributed by atoms with van der Waals surface area (Å²) in [7, 11) is 1.93. The Labute approximate surface area is 114 Å². The maximum absolute atomic E-state index is 6.37. The van der Waals surface area contributed by atoms with Gasteiger partial charge in [-0.2, -0.15) is 0 Å². The third-order valence-electron chi connectivity index (χ3n) is 4.29. The van der Waals surface area contributed by atoms with Gasteiger partial charge in [-0.1, -0.05) is 18.0 Å². The van der Waals surface area contributed by atoms with Crippen LogP contribution in [0.4, 0.5) is 5.82 Å². The summed E-state index contributed by atoms with van der Waals surface area (Å²) in [5.41, 5.74) is 1.14. The van der Waals surface area contributed by atoms with Crippen LogP contribution in [-0.4, -0.2) is 25.1 Å². The largest absolute Gasteiger partial charge is 0.355 e. The molecule has 0 aromatic carbocycles. The van der Waals surface area contributed by atoms with Gasteiger partial charge in [0, 0.05) is 25.8 Å². The summed E-state index contributed by atoms with van der Waals surface area (Å²) < 4.78 is 0. The molecule has 18 heavy (non-hydrogen) atoms. The average molecular weight is 266 g/mol. The quantitative estimate of drug-likeness (QED) is 0.911. The van der Waals surface area contributed by atoms with E-state index in [1.165, 1.54) is 19.3 Å². The minimum Gasteiger partial charge on any atom is -0.355 e. The molecule has 0 spiro atoms. The summed E-state index contributed by atoms with van der Waals surface area (Å²) in [6.45, 7) is 3.10. The molecule has 1 aliphatic carbocycles. The van der Waals surface area contributed by atoms with E-state index in [1.54, 1.807) is 0 Å². The van der Waals surface area contributed by atoms with Gasteiger partial charge in [-0.05, 0) is 43.4 Å². The van der Waals surface area contributed by atoms with E-state index in [0.717, 1.165) is 47.9 Å². The molecule has 2 aliphatic rings. The van der Waals surface area contributed by atoms with Crippen molar-refractivity contribution in [3.8, 4) is 0 Å². The van der Waals surface area contributed by atoms with Crippen LogP contribution in [0.3, 0.4) is 0 Å². The highest BCUT2D eigenvalue weighted by atomic mass is 35.5. The van der Waals surface area contributed by atoms with Crippen LogP contribution in [0.5, 0.6) is 0 Å². The topological polar surface area (TPSA) is 28.2 Å². The molecule has 3 nitrogen and oxygen atoms in total. The fourth-order valence-corrected chi connectivity index (χ4v) is 3.72. The van der Waals surface area contributed by atoms with Crippen molar-refractivity contribution in [1.82, 2.24) is 10.3 Å². The predicted molar refractivity (Wildman–Crippen MR) is 75.1 cm³/mol. The van der Waals surface area contributed by atoms with Gasteiger partial charge in [0.2, 0.25) is 0 Å². The van der Waals surface area contributed by atoms with Crippen LogP contribution in [0, 0.1) is 11.8 Å². The van der Waals surface area contributed by atoms with E-state index in [1.807, 2.05) is 19.3 Å². The molecule has 0 radical (unpaired) electrons. The lowest BCUT2D eigenvalue weighted by Gasteiger charge is -2.20. The molecule has 2 heterocycles. The van der Waals surface area contributed by atoms with Crippen molar-refractivity contribution in [3.05, 3.63) is 22.8 Å². The summed E-state index contributed by atoms with van der Waals surface area (Å²) in [4.78, 5) is 6.94. The molecule has 1 aromatic heterocycles. The highest BCUT2D eigenvalue weighted by molar-refractivity contribution is 6.33. The zero-order chi connectivity index (χ0) is 12.5. The van der Waals surface area contributed by atoms with Gasteiger partial charge in [-0.3, -0.25) is 0 Å². The average Bonchev–Trinajstić information content (AvgIpc) is 2.89. The molecule has 0 amide bonds. The Morgan fingerprint density at radius 1 is 1.39 bits per heavy atom. The number of nitrogens with one attached hydrogen (secondary N) is 1. The Morgan fingerprint density at radius 2 is 2.11 bits per heavy atom. The van der Waals surface area contributed by atoms with Crippen molar-refractivity contribution < 1.29 is 0 Å². The van der Waals surface area contributed by atoms with Gasteiger partial charge in [0.1, 0.15) is 5.82 Å². The number of rotatable bonds is 3. The number of fused-ring (bicyclic) bond motifs is 1. The van der Waals surface area contributed by atoms with E-state index >= 15 is 0 Å². The number of pyridine rings is 1. The van der Waals surface area contributed by atoms with Gasteiger partial charge in [0.15, 0.2) is 0 Å². The molecule has 3 rings (SSSR count). The first-order valence-corrected chi connectivity index (χ1v) is 7.19. The van der Waals surface area contributed by atoms with E-state index in [9.17, 15) is 0 Å². The monoisotopic (exact) mass is 265 g/mol. The zero-order valence-corrected chi connectivity index (χ0v) is 11.6. The van der Waals surface area contributed by atoms with Gasteiger partial charge in [0.25, 0.3) is 0 Å². The second kappa shape index (κ2) is 5.06. The van der Waals surface area contributed by atoms with Crippen molar-refractivity contribution in [2.24, 2.45) is 11.8 Å². The van der Waals surface area contributed by atoms with Gasteiger partial charge >= 0.3 is 0 Å². The summed E-state index contributed by atoms with van der Waals surface area (Å²) >= 11 is 6.37. The fourth-order valence-electron chi connectivity index (χ4n) is 3.41. The number of hydrogen-bond acceptors (Lipinski definition) is 3. The number of aromatic nitrogens is 1. The second-order valence-corrected chi connectivity index (χ2v) is 5.94. The minimum atomic E-state index is 0.794. The number of anilines is 1. The second-order valence-electron chi connectivity index (χ2n) is 5.54. The van der Waals surface area contributed by atoms with Crippen LogP contribution < -0.4 is 10.2 Å². The molecule has 4 heteroatoms. The molecule has 1 saturated heterocycles. The minimum absolute atomic E-state index is 0.794. The van der Waals surface area contributed by atoms with Crippen LogP contribution in [0.25, 0.3) is 0 Å². The zero-order valence-electron chi connectivity index (χ0n) is 10.8. The van der Waals surface area contributed by atoms with E-state index < -0.39 is 0 Å². The molecule has 1 aliphatic heterocycles. The SMILES string of the molecule is CNCc1cnc(N2CC3CCCC3C2)c(Cl)c1. The molecular weight excluding hydrogens is 246 g/mol. The number of hydrogen-bond donors (Lipinski definition) is 1. The molecule has 98 valence electrons. The van der Waals surface area contributed by atoms with E-state index in [-0.39, 0.29) is 0 Å². The molecule has 1 saturated carbocycles. The lowest BCUT2D eigenvalue weighted by atomic mass is 10.0. The molecule has 0 bridgehead atoms. The van der Waals surface area contributed by atoms with Gasteiger partial charge in [0.05, 0.1) is 5.02 Å². The molecule has 2 atom stereocenters. The molecule has 1 N–H and O–H groups in total. The standard InChI is InChI=1S/C14H20ClN3/c1-16-6-10-5-13(15)14(17-7-10)18-8-11-3-2-4-12(11)9-18/h5,7,11-12,16H,2-4,6,8-9H2,1H3. The van der Waals surface area contributed by atoms with Crippen LogP contribution in [0.2, 0.25) is 5.02 Å². The van der Waals surface area contributed by atoms with E-state index in [4.69, 9.17) is 11.6 Å². The Bertz CT molecular complexity index is 423. The molecule has 2 unspecified atom stereocenters. The van der Waals surface area contributed by atoms with Gasteiger partial charge in [-0.15, -0.1) is 0 Å². The van der Waals surface area contributed by atoms with Gasteiger partial charge < -0.3 is 10.2 Å². The first-order valence-electron chi connectivity index (χ1n) is 6.82. The Balaban J connectivity index is 1.76. The molecule has 1 aromatic rings. The number of halogens is 1. The lowest BCUT2D eigenvalue weighted by molar-refractivity contribution is 0.494. The van der Waals surface area contributed by atoms with Crippen LogP contribution >= 0.6 is 11.6 Å². The maximum Gasteiger partial charge on any atom is 0.147 e. The third kappa shape index (κ3) is 2.21. The van der Waals surface area contributed by atoms with Crippen molar-refractivity contribution in [3.63, 3.8) is 0 Å². The summed E-state index contributed by atoms with van der Waals surface area (Å²) in [6, 6.07) is 2.04. The van der Waals surface area contributed by atoms with Crippen LogP contribution in [0.15, 0.2) is 12.3 Å². The summed E-state index contributed by atoms with van der Waals surface area (Å²) in [6.07, 6.45) is 6.12. The van der Waals surface area contributed by atoms with Crippen LogP contribution in [-0.2, 0) is 6.54 Å². The highest BCUT2D eigenvalue weighted by Gasteiger charge is 2.37. The van der Waals surface area contributed by atoms with Crippen molar-refractivity contribution >= 4 is 17.4 Å². The first kappa shape index (κ1) is 12.2. The summed E-state index contributed by atoms with van der Waals surface area (Å²) in [5, 5.41) is 3.91. The fraction of sp³-hybridized carbons (Fsp3) is 0.643.